The zero-order valence-corrected chi connectivity index (χ0v) is 13.0. The van der Waals surface area contributed by atoms with Crippen molar-refractivity contribution in [3.05, 3.63) is 30.1 Å². The number of aromatic nitrogens is 1. The molecule has 0 saturated heterocycles. The average Bonchev–Trinajstić information content (AvgIpc) is 2.37. The lowest BCUT2D eigenvalue weighted by Gasteiger charge is -2.22. The van der Waals surface area contributed by atoms with Crippen LogP contribution in [0.2, 0.25) is 0 Å². The molecule has 0 radical (unpaired) electrons. The predicted molar refractivity (Wildman–Crippen MR) is 87.4 cm³/mol. The highest BCUT2D eigenvalue weighted by Gasteiger charge is 2.12. The van der Waals surface area contributed by atoms with Crippen molar-refractivity contribution < 1.29 is 4.79 Å². The first-order valence-electron chi connectivity index (χ1n) is 7.04. The molecule has 0 saturated carbocycles. The smallest absolute Gasteiger partial charge is 0.239 e. The molecule has 1 heterocycles. The minimum Gasteiger partial charge on any atom is -0.398 e. The summed E-state index contributed by atoms with van der Waals surface area (Å²) < 4.78 is 0. The number of nitrogens with two attached hydrogens (primary N) is 1. The molecule has 2 aromatic rings. The summed E-state index contributed by atoms with van der Waals surface area (Å²) in [6, 6.07) is 5.93. The molecule has 0 fully saturated rings. The van der Waals surface area contributed by atoms with E-state index in [0.717, 1.165) is 22.2 Å². The van der Waals surface area contributed by atoms with Gasteiger partial charge in [0.05, 0.1) is 6.54 Å². The Kier molecular flexibility index (Phi) is 4.31. The first kappa shape index (κ1) is 15.1. The third kappa shape index (κ3) is 3.42. The van der Waals surface area contributed by atoms with E-state index in [1.165, 1.54) is 0 Å². The number of rotatable bonds is 4. The lowest BCUT2D eigenvalue weighted by molar-refractivity contribution is -0.120. The third-order valence-corrected chi connectivity index (χ3v) is 3.29. The van der Waals surface area contributed by atoms with Gasteiger partial charge >= 0.3 is 0 Å². The quantitative estimate of drug-likeness (QED) is 0.844. The van der Waals surface area contributed by atoms with Gasteiger partial charge in [-0.25, -0.2) is 0 Å². The maximum atomic E-state index is 11.9. The van der Waals surface area contributed by atoms with E-state index in [9.17, 15) is 4.79 Å². The van der Waals surface area contributed by atoms with E-state index in [1.54, 1.807) is 6.20 Å². The lowest BCUT2D eigenvalue weighted by atomic mass is 10.1. The van der Waals surface area contributed by atoms with Gasteiger partial charge in [0.25, 0.3) is 0 Å². The van der Waals surface area contributed by atoms with Crippen molar-refractivity contribution in [1.29, 1.82) is 0 Å². The topological polar surface area (TPSA) is 71.2 Å². The molecule has 21 heavy (non-hydrogen) atoms. The van der Waals surface area contributed by atoms with Crippen LogP contribution in [0.15, 0.2) is 24.4 Å². The van der Waals surface area contributed by atoms with Gasteiger partial charge in [-0.2, -0.15) is 0 Å². The molecule has 1 aromatic carbocycles. The number of nitrogen functional groups attached to an aromatic ring is 1. The Hall–Kier alpha value is -2.30. The van der Waals surface area contributed by atoms with E-state index in [2.05, 4.69) is 10.3 Å². The zero-order valence-electron chi connectivity index (χ0n) is 13.0. The van der Waals surface area contributed by atoms with Crippen molar-refractivity contribution in [2.24, 2.45) is 0 Å². The number of amides is 1. The van der Waals surface area contributed by atoms with Gasteiger partial charge in [0, 0.05) is 47.1 Å². The van der Waals surface area contributed by atoms with Gasteiger partial charge in [-0.05, 0) is 39.0 Å². The summed E-state index contributed by atoms with van der Waals surface area (Å²) in [5.41, 5.74) is 8.60. The minimum absolute atomic E-state index is 0.00301. The number of carbonyl (C=O) groups is 1. The highest BCUT2D eigenvalue weighted by atomic mass is 16.2. The maximum Gasteiger partial charge on any atom is 0.239 e. The van der Waals surface area contributed by atoms with E-state index in [1.807, 2.05) is 50.9 Å². The van der Waals surface area contributed by atoms with E-state index in [4.69, 9.17) is 5.73 Å². The Morgan fingerprint density at radius 1 is 1.38 bits per heavy atom. The van der Waals surface area contributed by atoms with Crippen molar-refractivity contribution in [2.45, 2.75) is 26.8 Å². The number of hydrogen-bond donors (Lipinski definition) is 2. The Bertz CT molecular complexity index is 667. The van der Waals surface area contributed by atoms with Crippen molar-refractivity contribution >= 4 is 28.1 Å². The van der Waals surface area contributed by atoms with Gasteiger partial charge < -0.3 is 16.0 Å². The zero-order chi connectivity index (χ0) is 15.6. The summed E-state index contributed by atoms with van der Waals surface area (Å²) in [5.74, 6) is 0.00301. The fourth-order valence-electron chi connectivity index (χ4n) is 2.35. The molecular formula is C16H22N4O. The number of benzene rings is 1. The van der Waals surface area contributed by atoms with Crippen LogP contribution in [0.1, 0.15) is 19.5 Å². The maximum absolute atomic E-state index is 11.9. The second-order valence-corrected chi connectivity index (χ2v) is 5.62. The van der Waals surface area contributed by atoms with Crippen LogP contribution in [0.4, 0.5) is 11.4 Å². The monoisotopic (exact) mass is 286 g/mol. The molecule has 0 unspecified atom stereocenters. The fourth-order valence-corrected chi connectivity index (χ4v) is 2.35. The molecule has 3 N–H and O–H groups in total. The molecule has 0 aliphatic rings. The number of pyridine rings is 1. The standard InChI is InChI=1S/C16H22N4O/c1-10(2)19-16(21)9-20(4)15-6-5-14(17)13-8-18-11(3)7-12(13)15/h5-8,10H,9,17H2,1-4H3,(H,19,21). The molecule has 5 heteroatoms. The molecule has 0 aliphatic heterocycles. The first-order valence-corrected chi connectivity index (χ1v) is 7.04. The van der Waals surface area contributed by atoms with Crippen LogP contribution in [0.3, 0.4) is 0 Å². The van der Waals surface area contributed by atoms with Gasteiger partial charge in [0.1, 0.15) is 0 Å². The van der Waals surface area contributed by atoms with Gasteiger partial charge in [0.15, 0.2) is 0 Å². The second kappa shape index (κ2) is 5.99. The summed E-state index contributed by atoms with van der Waals surface area (Å²) >= 11 is 0. The van der Waals surface area contributed by atoms with Gasteiger partial charge in [-0.15, -0.1) is 0 Å². The van der Waals surface area contributed by atoms with Crippen molar-refractivity contribution in [3.8, 4) is 0 Å². The number of nitrogens with one attached hydrogen (secondary N) is 1. The van der Waals surface area contributed by atoms with Crippen LogP contribution in [0, 0.1) is 6.92 Å². The van der Waals surface area contributed by atoms with Crippen molar-refractivity contribution in [1.82, 2.24) is 10.3 Å². The molecule has 0 bridgehead atoms. The Morgan fingerprint density at radius 2 is 2.10 bits per heavy atom. The number of nitrogens with zero attached hydrogens (tertiary/aromatic N) is 2. The molecular weight excluding hydrogens is 264 g/mol. The van der Waals surface area contributed by atoms with Crippen LogP contribution in [0.5, 0.6) is 0 Å². The van der Waals surface area contributed by atoms with Crippen LogP contribution in [-0.2, 0) is 4.79 Å². The van der Waals surface area contributed by atoms with E-state index >= 15 is 0 Å². The van der Waals surface area contributed by atoms with Crippen LogP contribution >= 0.6 is 0 Å². The van der Waals surface area contributed by atoms with Gasteiger partial charge in [0.2, 0.25) is 5.91 Å². The molecule has 1 amide bonds. The fraction of sp³-hybridized carbons (Fsp3) is 0.375. The number of aryl methyl sites for hydroxylation is 1. The number of fused-ring (bicyclic) bond motifs is 1. The Labute approximate surface area is 125 Å². The van der Waals surface area contributed by atoms with Crippen molar-refractivity contribution in [2.75, 3.05) is 24.2 Å². The minimum atomic E-state index is 0.00301. The predicted octanol–water partition coefficient (Wildman–Crippen LogP) is 2.09. The molecule has 1 aromatic heterocycles. The molecule has 2 rings (SSSR count). The van der Waals surface area contributed by atoms with Gasteiger partial charge in [-0.3, -0.25) is 9.78 Å². The Balaban J connectivity index is 2.35. The molecule has 5 nitrogen and oxygen atoms in total. The van der Waals surface area contributed by atoms with Crippen LogP contribution in [-0.4, -0.2) is 30.5 Å². The highest BCUT2D eigenvalue weighted by Crippen LogP contribution is 2.30. The van der Waals surface area contributed by atoms with Crippen LogP contribution < -0.4 is 16.0 Å². The largest absolute Gasteiger partial charge is 0.398 e. The summed E-state index contributed by atoms with van der Waals surface area (Å²) in [4.78, 5) is 18.1. The molecule has 0 aliphatic carbocycles. The number of hydrogen-bond acceptors (Lipinski definition) is 4. The summed E-state index contributed by atoms with van der Waals surface area (Å²) in [5, 5.41) is 4.82. The average molecular weight is 286 g/mol. The van der Waals surface area contributed by atoms with E-state index in [0.29, 0.717) is 12.2 Å². The number of carbonyl (C=O) groups excluding carboxylic acids is 1. The third-order valence-electron chi connectivity index (χ3n) is 3.29. The SMILES string of the molecule is Cc1cc2c(N(C)CC(=O)NC(C)C)ccc(N)c2cn1. The van der Waals surface area contributed by atoms with E-state index < -0.39 is 0 Å². The summed E-state index contributed by atoms with van der Waals surface area (Å²) in [6.45, 7) is 6.15. The van der Waals surface area contributed by atoms with E-state index in [-0.39, 0.29) is 11.9 Å². The number of anilines is 2. The summed E-state index contributed by atoms with van der Waals surface area (Å²) in [7, 11) is 1.90. The molecule has 0 atom stereocenters. The number of likely N-dealkylation sites (N-methyl/N-ethyl adjacent to an activating group) is 1. The second-order valence-electron chi connectivity index (χ2n) is 5.62. The van der Waals surface area contributed by atoms with Crippen molar-refractivity contribution in [3.63, 3.8) is 0 Å². The van der Waals surface area contributed by atoms with Crippen LogP contribution in [0.25, 0.3) is 10.8 Å². The first-order chi connectivity index (χ1) is 9.88. The Morgan fingerprint density at radius 3 is 2.76 bits per heavy atom. The lowest BCUT2D eigenvalue weighted by Crippen LogP contribution is -2.38. The molecule has 112 valence electrons. The highest BCUT2D eigenvalue weighted by molar-refractivity contribution is 6.01. The molecule has 0 spiro atoms. The summed E-state index contributed by atoms with van der Waals surface area (Å²) in [6.07, 6.45) is 1.78. The van der Waals surface area contributed by atoms with Gasteiger partial charge in [-0.1, -0.05) is 0 Å². The normalized spacial score (nSPS) is 10.9.